The van der Waals surface area contributed by atoms with E-state index in [-0.39, 0.29) is 11.9 Å². The number of nitrogens with one attached hydrogen (secondary N) is 1. The van der Waals surface area contributed by atoms with Crippen molar-refractivity contribution in [3.63, 3.8) is 0 Å². The molecule has 1 aromatic rings. The van der Waals surface area contributed by atoms with Crippen LogP contribution in [0.1, 0.15) is 31.9 Å². The highest BCUT2D eigenvalue weighted by atomic mass is 35.5. The normalized spacial score (nSPS) is 28.0. The van der Waals surface area contributed by atoms with E-state index in [1.807, 2.05) is 26.0 Å². The molecule has 21 heavy (non-hydrogen) atoms. The third-order valence-electron chi connectivity index (χ3n) is 4.28. The summed E-state index contributed by atoms with van der Waals surface area (Å²) in [5.74, 6) is -0.161. The van der Waals surface area contributed by atoms with Crippen LogP contribution in [0.5, 0.6) is 0 Å². The van der Waals surface area contributed by atoms with Gasteiger partial charge >= 0.3 is 0 Å². The van der Waals surface area contributed by atoms with Crippen molar-refractivity contribution in [2.24, 2.45) is 11.3 Å². The molecule has 0 saturated heterocycles. The molecule has 0 aliphatic heterocycles. The summed E-state index contributed by atoms with van der Waals surface area (Å²) >= 11 is 24.2. The Balaban J connectivity index is 2.04. The third kappa shape index (κ3) is 3.14. The fourth-order valence-electron chi connectivity index (χ4n) is 2.68. The van der Waals surface area contributed by atoms with Gasteiger partial charge in [0, 0.05) is 16.3 Å². The predicted octanol–water partition coefficient (Wildman–Crippen LogP) is 4.96. The summed E-state index contributed by atoms with van der Waals surface area (Å²) in [6, 6.07) is 7.21. The summed E-state index contributed by atoms with van der Waals surface area (Å²) in [4.78, 5) is 12.4. The topological polar surface area (TPSA) is 29.1 Å². The Morgan fingerprint density at radius 1 is 1.33 bits per heavy atom. The zero-order valence-electron chi connectivity index (χ0n) is 11.8. The molecule has 1 fully saturated rings. The van der Waals surface area contributed by atoms with Gasteiger partial charge in [0.15, 0.2) is 0 Å². The standard InChI is InChI=1S/C15H17Cl4NO/c1-9(10-3-5-11(17)6-4-10)20-13(21)12-14(2,7-8-16)15(12,18)19/h3-6,9,12H,7-8H2,1-2H3,(H,20,21)/t9?,12-,14-/m1/s1. The molecule has 6 heteroatoms. The fourth-order valence-corrected chi connectivity index (χ4v) is 4.17. The van der Waals surface area contributed by atoms with Crippen LogP contribution in [0.2, 0.25) is 5.02 Å². The molecule has 2 nitrogen and oxygen atoms in total. The van der Waals surface area contributed by atoms with Crippen LogP contribution in [-0.4, -0.2) is 16.1 Å². The van der Waals surface area contributed by atoms with Crippen LogP contribution in [0.3, 0.4) is 0 Å². The molecule has 116 valence electrons. The van der Waals surface area contributed by atoms with Gasteiger partial charge in [-0.3, -0.25) is 4.79 Å². The van der Waals surface area contributed by atoms with Gasteiger partial charge in [-0.25, -0.2) is 0 Å². The molecule has 2 rings (SSSR count). The van der Waals surface area contributed by atoms with E-state index < -0.39 is 15.7 Å². The van der Waals surface area contributed by atoms with Gasteiger partial charge in [-0.15, -0.1) is 34.8 Å². The van der Waals surface area contributed by atoms with Crippen molar-refractivity contribution in [1.82, 2.24) is 5.32 Å². The lowest BCUT2D eigenvalue weighted by Crippen LogP contribution is -2.30. The van der Waals surface area contributed by atoms with E-state index in [9.17, 15) is 4.79 Å². The minimum atomic E-state index is -1.05. The monoisotopic (exact) mass is 367 g/mol. The van der Waals surface area contributed by atoms with Crippen molar-refractivity contribution in [3.05, 3.63) is 34.9 Å². The van der Waals surface area contributed by atoms with Crippen LogP contribution >= 0.6 is 46.4 Å². The highest BCUT2D eigenvalue weighted by molar-refractivity contribution is 6.53. The smallest absolute Gasteiger partial charge is 0.227 e. The zero-order valence-corrected chi connectivity index (χ0v) is 14.8. The van der Waals surface area contributed by atoms with E-state index in [1.165, 1.54) is 0 Å². The Morgan fingerprint density at radius 3 is 2.43 bits per heavy atom. The molecular formula is C15H17Cl4NO. The van der Waals surface area contributed by atoms with E-state index >= 15 is 0 Å². The Hall–Kier alpha value is -0.150. The minimum absolute atomic E-state index is 0.139. The van der Waals surface area contributed by atoms with Crippen molar-refractivity contribution in [1.29, 1.82) is 0 Å². The number of halogens is 4. The van der Waals surface area contributed by atoms with Gasteiger partial charge in [-0.05, 0) is 31.0 Å². The molecule has 1 aliphatic rings. The van der Waals surface area contributed by atoms with E-state index in [0.29, 0.717) is 17.3 Å². The van der Waals surface area contributed by atoms with Crippen molar-refractivity contribution >= 4 is 52.3 Å². The maximum absolute atomic E-state index is 12.4. The Kier molecular flexibility index (Phi) is 5.04. The first-order chi connectivity index (χ1) is 9.74. The number of carbonyl (C=O) groups is 1. The van der Waals surface area contributed by atoms with Gasteiger partial charge in [0.05, 0.1) is 12.0 Å². The second-order valence-corrected chi connectivity index (χ2v) is 7.89. The highest BCUT2D eigenvalue weighted by Gasteiger charge is 2.75. The molecule has 1 unspecified atom stereocenters. The van der Waals surface area contributed by atoms with Gasteiger partial charge in [0.1, 0.15) is 4.33 Å². The van der Waals surface area contributed by atoms with Gasteiger partial charge in [-0.1, -0.05) is 30.7 Å². The van der Waals surface area contributed by atoms with Crippen LogP contribution in [0.25, 0.3) is 0 Å². The van der Waals surface area contributed by atoms with Crippen molar-refractivity contribution in [2.45, 2.75) is 30.6 Å². The molecule has 1 amide bonds. The molecule has 1 saturated carbocycles. The van der Waals surface area contributed by atoms with Crippen LogP contribution in [0, 0.1) is 11.3 Å². The number of benzene rings is 1. The van der Waals surface area contributed by atoms with Crippen LogP contribution in [-0.2, 0) is 4.79 Å². The molecule has 0 bridgehead atoms. The quantitative estimate of drug-likeness (QED) is 0.731. The molecular weight excluding hydrogens is 352 g/mol. The number of rotatable bonds is 5. The average Bonchev–Trinajstić information content (AvgIpc) is 2.83. The first-order valence-electron chi connectivity index (χ1n) is 6.73. The third-order valence-corrected chi connectivity index (χ3v) is 6.02. The SMILES string of the molecule is CC(NC(=O)[C@H]1C(Cl)(Cl)[C@]1(C)CCCl)c1ccc(Cl)cc1. The molecule has 1 aromatic carbocycles. The lowest BCUT2D eigenvalue weighted by Gasteiger charge is -2.15. The van der Waals surface area contributed by atoms with Crippen LogP contribution < -0.4 is 5.32 Å². The van der Waals surface area contributed by atoms with E-state index in [1.54, 1.807) is 12.1 Å². The van der Waals surface area contributed by atoms with Crippen LogP contribution in [0.15, 0.2) is 24.3 Å². The first-order valence-corrected chi connectivity index (χ1v) is 8.40. The Labute approximate surface area is 145 Å². The van der Waals surface area contributed by atoms with Gasteiger partial charge in [-0.2, -0.15) is 0 Å². The summed E-state index contributed by atoms with van der Waals surface area (Å²) < 4.78 is -1.05. The molecule has 0 aromatic heterocycles. The van der Waals surface area contributed by atoms with Gasteiger partial charge in [0.25, 0.3) is 0 Å². The number of carbonyl (C=O) groups excluding carboxylic acids is 1. The number of alkyl halides is 3. The Bertz CT molecular complexity index is 531. The van der Waals surface area contributed by atoms with E-state index in [4.69, 9.17) is 46.4 Å². The largest absolute Gasteiger partial charge is 0.349 e. The van der Waals surface area contributed by atoms with Crippen molar-refractivity contribution < 1.29 is 4.79 Å². The summed E-state index contributed by atoms with van der Waals surface area (Å²) in [7, 11) is 0. The van der Waals surface area contributed by atoms with Crippen LogP contribution in [0.4, 0.5) is 0 Å². The maximum Gasteiger partial charge on any atom is 0.227 e. The van der Waals surface area contributed by atoms with Gasteiger partial charge < -0.3 is 5.32 Å². The second kappa shape index (κ2) is 6.16. The maximum atomic E-state index is 12.4. The minimum Gasteiger partial charge on any atom is -0.349 e. The van der Waals surface area contributed by atoms with Gasteiger partial charge in [0.2, 0.25) is 5.91 Å². The predicted molar refractivity (Wildman–Crippen MR) is 89.4 cm³/mol. The second-order valence-electron chi connectivity index (χ2n) is 5.69. The first kappa shape index (κ1) is 17.2. The summed E-state index contributed by atoms with van der Waals surface area (Å²) in [6.07, 6.45) is 0.606. The lowest BCUT2D eigenvalue weighted by molar-refractivity contribution is -0.123. The average molecular weight is 369 g/mol. The lowest BCUT2D eigenvalue weighted by atomic mass is 10.0. The number of hydrogen-bond donors (Lipinski definition) is 1. The molecule has 1 N–H and O–H groups in total. The van der Waals surface area contributed by atoms with Crippen molar-refractivity contribution in [2.75, 3.05) is 5.88 Å². The molecule has 0 heterocycles. The molecule has 1 aliphatic carbocycles. The number of amides is 1. The fraction of sp³-hybridized carbons (Fsp3) is 0.533. The molecule has 3 atom stereocenters. The summed E-state index contributed by atoms with van der Waals surface area (Å²) in [6.45, 7) is 3.80. The molecule has 0 spiro atoms. The zero-order chi connectivity index (χ0) is 15.8. The summed E-state index contributed by atoms with van der Waals surface area (Å²) in [5.41, 5.74) is 0.504. The van der Waals surface area contributed by atoms with E-state index in [0.717, 1.165) is 5.56 Å². The highest BCUT2D eigenvalue weighted by Crippen LogP contribution is 2.70. The van der Waals surface area contributed by atoms with E-state index in [2.05, 4.69) is 5.32 Å². The number of hydrogen-bond acceptors (Lipinski definition) is 1. The summed E-state index contributed by atoms with van der Waals surface area (Å²) in [5, 5.41) is 3.61. The van der Waals surface area contributed by atoms with Crippen molar-refractivity contribution in [3.8, 4) is 0 Å². The molecule has 0 radical (unpaired) electrons. The Morgan fingerprint density at radius 2 is 1.90 bits per heavy atom.